The average molecular weight is 329 g/mol. The average Bonchev–Trinajstić information content (AvgIpc) is 2.51. The van der Waals surface area contributed by atoms with E-state index in [9.17, 15) is 14.9 Å². The van der Waals surface area contributed by atoms with E-state index < -0.39 is 4.92 Å². The Hall–Kier alpha value is -1.91. The molecule has 4 saturated carbocycles. The van der Waals surface area contributed by atoms with Crippen LogP contribution in [-0.2, 0) is 4.79 Å². The summed E-state index contributed by atoms with van der Waals surface area (Å²) in [5.41, 5.74) is 0.486. The first-order chi connectivity index (χ1) is 11.4. The largest absolute Gasteiger partial charge is 0.486 e. The molecule has 4 fully saturated rings. The molecule has 0 unspecified atom stereocenters. The Morgan fingerprint density at radius 2 is 1.79 bits per heavy atom. The third-order valence-corrected chi connectivity index (χ3v) is 6.36. The van der Waals surface area contributed by atoms with Crippen LogP contribution in [0.5, 0.6) is 5.75 Å². The van der Waals surface area contributed by atoms with Gasteiger partial charge in [-0.2, -0.15) is 0 Å². The van der Waals surface area contributed by atoms with E-state index >= 15 is 0 Å². The molecule has 0 aromatic heterocycles. The first-order valence-corrected chi connectivity index (χ1v) is 8.86. The van der Waals surface area contributed by atoms with Crippen LogP contribution in [0.1, 0.15) is 44.1 Å². The Balaban J connectivity index is 1.44. The maximum absolute atomic E-state index is 12.9. The highest BCUT2D eigenvalue weighted by Crippen LogP contribution is 2.60. The molecule has 0 radical (unpaired) electrons. The van der Waals surface area contributed by atoms with Crippen molar-refractivity contribution >= 4 is 11.5 Å². The number of ketones is 1. The third-order valence-electron chi connectivity index (χ3n) is 6.36. The maximum Gasteiger partial charge on any atom is 0.272 e. The molecule has 4 aliphatic carbocycles. The molecule has 0 atom stereocenters. The molecule has 4 bridgehead atoms. The molecule has 1 aromatic rings. The summed E-state index contributed by atoms with van der Waals surface area (Å²) < 4.78 is 5.70. The molecule has 4 aliphatic rings. The Labute approximate surface area is 141 Å². The molecule has 5 heteroatoms. The molecule has 128 valence electrons. The van der Waals surface area contributed by atoms with Crippen molar-refractivity contribution in [1.82, 2.24) is 0 Å². The molecule has 0 spiro atoms. The van der Waals surface area contributed by atoms with Crippen molar-refractivity contribution in [3.05, 3.63) is 33.9 Å². The van der Waals surface area contributed by atoms with Gasteiger partial charge < -0.3 is 4.74 Å². The highest BCUT2D eigenvalue weighted by Gasteiger charge is 2.54. The van der Waals surface area contributed by atoms with Gasteiger partial charge in [0.15, 0.2) is 5.78 Å². The standard InChI is InChI=1S/C19H23NO4/c1-12-4-16(2-3-17(12)20(22)23)24-11-18(21)19-8-13-5-14(9-19)7-15(6-13)10-19/h2-4,13-15H,5-11H2,1H3. The zero-order valence-electron chi connectivity index (χ0n) is 14.0. The van der Waals surface area contributed by atoms with Gasteiger partial charge in [-0.3, -0.25) is 14.9 Å². The number of carbonyl (C=O) groups is 1. The summed E-state index contributed by atoms with van der Waals surface area (Å²) in [6.45, 7) is 1.77. The SMILES string of the molecule is Cc1cc(OCC(=O)C23CC4CC(CC(C4)C2)C3)ccc1[N+](=O)[O-]. The summed E-state index contributed by atoms with van der Waals surface area (Å²) in [7, 11) is 0. The van der Waals surface area contributed by atoms with E-state index in [4.69, 9.17) is 4.74 Å². The molecular formula is C19H23NO4. The van der Waals surface area contributed by atoms with E-state index in [1.165, 1.54) is 25.3 Å². The summed E-state index contributed by atoms with van der Waals surface area (Å²) >= 11 is 0. The number of benzene rings is 1. The van der Waals surface area contributed by atoms with Crippen LogP contribution in [-0.4, -0.2) is 17.3 Å². The normalized spacial score (nSPS) is 33.5. The zero-order chi connectivity index (χ0) is 16.9. The number of hydrogen-bond donors (Lipinski definition) is 0. The van der Waals surface area contributed by atoms with E-state index in [1.54, 1.807) is 19.1 Å². The maximum atomic E-state index is 12.9. The van der Waals surface area contributed by atoms with Crippen LogP contribution in [0.15, 0.2) is 18.2 Å². The third kappa shape index (κ3) is 2.60. The van der Waals surface area contributed by atoms with E-state index in [1.807, 2.05) is 0 Å². The van der Waals surface area contributed by atoms with Crippen molar-refractivity contribution in [3.8, 4) is 5.75 Å². The van der Waals surface area contributed by atoms with E-state index in [0.717, 1.165) is 37.0 Å². The second kappa shape index (κ2) is 5.57. The summed E-state index contributed by atoms with van der Waals surface area (Å²) in [6, 6.07) is 4.67. The lowest BCUT2D eigenvalue weighted by atomic mass is 9.48. The van der Waals surface area contributed by atoms with Gasteiger partial charge in [0.25, 0.3) is 5.69 Å². The van der Waals surface area contributed by atoms with Gasteiger partial charge in [0.2, 0.25) is 0 Å². The highest BCUT2D eigenvalue weighted by atomic mass is 16.6. The number of hydrogen-bond acceptors (Lipinski definition) is 4. The summed E-state index contributed by atoms with van der Waals surface area (Å²) in [5.74, 6) is 2.99. The smallest absolute Gasteiger partial charge is 0.272 e. The van der Waals surface area contributed by atoms with Gasteiger partial charge >= 0.3 is 0 Å². The summed E-state index contributed by atoms with van der Waals surface area (Å²) in [6.07, 6.45) is 7.07. The van der Waals surface area contributed by atoms with Gasteiger partial charge in [-0.05, 0) is 75.3 Å². The first-order valence-electron chi connectivity index (χ1n) is 8.86. The predicted octanol–water partition coefficient (Wildman–Crippen LogP) is 4.07. The molecular weight excluding hydrogens is 306 g/mol. The predicted molar refractivity (Wildman–Crippen MR) is 88.9 cm³/mol. The van der Waals surface area contributed by atoms with Crippen LogP contribution in [0.4, 0.5) is 5.69 Å². The van der Waals surface area contributed by atoms with Crippen LogP contribution in [0.2, 0.25) is 0 Å². The Morgan fingerprint density at radius 1 is 1.21 bits per heavy atom. The molecule has 5 rings (SSSR count). The molecule has 1 aromatic carbocycles. The minimum absolute atomic E-state index is 0.0785. The zero-order valence-corrected chi connectivity index (χ0v) is 14.0. The number of nitro groups is 1. The van der Waals surface area contributed by atoms with Crippen LogP contribution >= 0.6 is 0 Å². The van der Waals surface area contributed by atoms with Crippen molar-refractivity contribution in [3.63, 3.8) is 0 Å². The minimum atomic E-state index is -0.403. The van der Waals surface area contributed by atoms with Crippen LogP contribution in [0.25, 0.3) is 0 Å². The van der Waals surface area contributed by atoms with Crippen molar-refractivity contribution in [1.29, 1.82) is 0 Å². The molecule has 5 nitrogen and oxygen atoms in total. The first kappa shape index (κ1) is 15.6. The van der Waals surface area contributed by atoms with Crippen molar-refractivity contribution in [2.24, 2.45) is 23.2 Å². The molecule has 0 heterocycles. The topological polar surface area (TPSA) is 69.4 Å². The molecule has 0 aliphatic heterocycles. The van der Waals surface area contributed by atoms with Crippen LogP contribution in [0.3, 0.4) is 0 Å². The highest BCUT2D eigenvalue weighted by molar-refractivity contribution is 5.86. The quantitative estimate of drug-likeness (QED) is 0.603. The number of ether oxygens (including phenoxy) is 1. The molecule has 0 N–H and O–H groups in total. The number of Topliss-reactive ketones (excluding diaryl/α,β-unsaturated/α-hetero) is 1. The molecule has 24 heavy (non-hydrogen) atoms. The van der Waals surface area contributed by atoms with Gasteiger partial charge in [-0.25, -0.2) is 0 Å². The fourth-order valence-corrected chi connectivity index (χ4v) is 5.68. The lowest BCUT2D eigenvalue weighted by molar-refractivity contribution is -0.385. The molecule has 0 amide bonds. The summed E-state index contributed by atoms with van der Waals surface area (Å²) in [5, 5.41) is 10.9. The number of carbonyl (C=O) groups excluding carboxylic acids is 1. The van der Waals surface area contributed by atoms with Crippen LogP contribution in [0, 0.1) is 40.2 Å². The van der Waals surface area contributed by atoms with Crippen molar-refractivity contribution < 1.29 is 14.5 Å². The lowest BCUT2D eigenvalue weighted by Gasteiger charge is -2.55. The van der Waals surface area contributed by atoms with Gasteiger partial charge in [0.05, 0.1) is 4.92 Å². The van der Waals surface area contributed by atoms with Gasteiger partial charge in [-0.15, -0.1) is 0 Å². The number of nitro benzene ring substituents is 1. The van der Waals surface area contributed by atoms with Crippen molar-refractivity contribution in [2.75, 3.05) is 6.61 Å². The fourth-order valence-electron chi connectivity index (χ4n) is 5.68. The summed E-state index contributed by atoms with van der Waals surface area (Å²) in [4.78, 5) is 23.4. The molecule has 0 saturated heterocycles. The van der Waals surface area contributed by atoms with Gasteiger partial charge in [0, 0.05) is 17.0 Å². The number of nitrogens with zero attached hydrogens (tertiary/aromatic N) is 1. The lowest BCUT2D eigenvalue weighted by Crippen LogP contribution is -2.51. The van der Waals surface area contributed by atoms with Crippen LogP contribution < -0.4 is 4.74 Å². The Bertz CT molecular complexity index is 661. The van der Waals surface area contributed by atoms with E-state index in [0.29, 0.717) is 11.3 Å². The van der Waals surface area contributed by atoms with E-state index in [2.05, 4.69) is 0 Å². The minimum Gasteiger partial charge on any atom is -0.486 e. The Kier molecular flexibility index (Phi) is 3.62. The number of rotatable bonds is 5. The van der Waals surface area contributed by atoms with Gasteiger partial charge in [0.1, 0.15) is 12.4 Å². The number of aryl methyl sites for hydroxylation is 1. The van der Waals surface area contributed by atoms with Gasteiger partial charge in [-0.1, -0.05) is 0 Å². The fraction of sp³-hybridized carbons (Fsp3) is 0.632. The Morgan fingerprint density at radius 3 is 2.29 bits per heavy atom. The monoisotopic (exact) mass is 329 g/mol. The van der Waals surface area contributed by atoms with Crippen molar-refractivity contribution in [2.45, 2.75) is 45.4 Å². The van der Waals surface area contributed by atoms with E-state index in [-0.39, 0.29) is 23.5 Å². The second-order valence-corrected chi connectivity index (χ2v) is 8.12. The second-order valence-electron chi connectivity index (χ2n) is 8.12.